The molecule has 2 amide bonds. The molecule has 9 heteroatoms. The molecule has 0 unspecified atom stereocenters. The van der Waals surface area contributed by atoms with E-state index >= 15 is 0 Å². The SMILES string of the molecule is Cc1nc(C)c(CNC(=O)Nc2ccc(OC(F)(F)F)cc2)s1. The van der Waals surface area contributed by atoms with Crippen LogP contribution < -0.4 is 15.4 Å². The Morgan fingerprint density at radius 3 is 2.43 bits per heavy atom. The van der Waals surface area contributed by atoms with Gasteiger partial charge in [-0.2, -0.15) is 0 Å². The van der Waals surface area contributed by atoms with E-state index in [-0.39, 0.29) is 5.75 Å². The molecule has 1 aromatic heterocycles. The first-order valence-electron chi connectivity index (χ1n) is 6.56. The lowest BCUT2D eigenvalue weighted by molar-refractivity contribution is -0.274. The Bertz CT molecular complexity index is 684. The monoisotopic (exact) mass is 345 g/mol. The largest absolute Gasteiger partial charge is 0.573 e. The Labute approximate surface area is 134 Å². The number of hydrogen-bond acceptors (Lipinski definition) is 4. The second-order valence-electron chi connectivity index (χ2n) is 4.62. The van der Waals surface area contributed by atoms with Crippen molar-refractivity contribution in [1.82, 2.24) is 10.3 Å². The zero-order valence-corrected chi connectivity index (χ0v) is 13.1. The van der Waals surface area contributed by atoms with Gasteiger partial charge in [0.15, 0.2) is 0 Å². The summed E-state index contributed by atoms with van der Waals surface area (Å²) in [5.74, 6) is -0.348. The van der Waals surface area contributed by atoms with Crippen molar-refractivity contribution in [3.8, 4) is 5.75 Å². The fourth-order valence-corrected chi connectivity index (χ4v) is 2.69. The molecule has 0 fully saturated rings. The average Bonchev–Trinajstić information content (AvgIpc) is 2.75. The van der Waals surface area contributed by atoms with Crippen LogP contribution in [0, 0.1) is 13.8 Å². The van der Waals surface area contributed by atoms with Gasteiger partial charge in [0.05, 0.1) is 17.2 Å². The summed E-state index contributed by atoms with van der Waals surface area (Å²) in [5, 5.41) is 6.11. The summed E-state index contributed by atoms with van der Waals surface area (Å²) in [5.41, 5.74) is 1.22. The predicted molar refractivity (Wildman–Crippen MR) is 80.6 cm³/mol. The number of hydrogen-bond donors (Lipinski definition) is 2. The average molecular weight is 345 g/mol. The molecule has 0 saturated heterocycles. The van der Waals surface area contributed by atoms with E-state index in [2.05, 4.69) is 20.4 Å². The second-order valence-corrected chi connectivity index (χ2v) is 5.91. The molecule has 0 aliphatic heterocycles. The lowest BCUT2D eigenvalue weighted by atomic mass is 10.3. The molecule has 0 spiro atoms. The van der Waals surface area contributed by atoms with Crippen LogP contribution in [0.25, 0.3) is 0 Å². The molecule has 0 radical (unpaired) electrons. The molecule has 2 aromatic rings. The molecule has 0 saturated carbocycles. The number of carbonyl (C=O) groups is 1. The van der Waals surface area contributed by atoms with Gasteiger partial charge in [0.2, 0.25) is 0 Å². The van der Waals surface area contributed by atoms with Crippen molar-refractivity contribution < 1.29 is 22.7 Å². The first-order chi connectivity index (χ1) is 10.7. The number of ether oxygens (including phenoxy) is 1. The first-order valence-corrected chi connectivity index (χ1v) is 7.38. The Kier molecular flexibility index (Phi) is 5.09. The van der Waals surface area contributed by atoms with E-state index in [1.807, 2.05) is 13.8 Å². The van der Waals surface area contributed by atoms with Crippen LogP contribution in [0.5, 0.6) is 5.75 Å². The van der Waals surface area contributed by atoms with E-state index in [1.54, 1.807) is 0 Å². The van der Waals surface area contributed by atoms with Gasteiger partial charge in [0.1, 0.15) is 5.75 Å². The Balaban J connectivity index is 1.86. The number of halogens is 3. The van der Waals surface area contributed by atoms with Gasteiger partial charge < -0.3 is 15.4 Å². The first kappa shape index (κ1) is 17.1. The van der Waals surface area contributed by atoms with Gasteiger partial charge in [0.25, 0.3) is 0 Å². The fourth-order valence-electron chi connectivity index (χ4n) is 1.81. The van der Waals surface area contributed by atoms with Gasteiger partial charge in [-0.1, -0.05) is 0 Å². The number of nitrogens with one attached hydrogen (secondary N) is 2. The van der Waals surface area contributed by atoms with Gasteiger partial charge in [0, 0.05) is 10.6 Å². The third kappa shape index (κ3) is 5.44. The summed E-state index contributed by atoms with van der Waals surface area (Å²) >= 11 is 1.49. The fraction of sp³-hybridized carbons (Fsp3) is 0.286. The number of nitrogens with zero attached hydrogens (tertiary/aromatic N) is 1. The smallest absolute Gasteiger partial charge is 0.406 e. The maximum Gasteiger partial charge on any atom is 0.573 e. The van der Waals surface area contributed by atoms with E-state index in [0.717, 1.165) is 27.7 Å². The number of alkyl halides is 3. The van der Waals surface area contributed by atoms with Crippen LogP contribution in [0.15, 0.2) is 24.3 Å². The van der Waals surface area contributed by atoms with Crippen LogP contribution in [0.4, 0.5) is 23.7 Å². The van der Waals surface area contributed by atoms with Crippen molar-refractivity contribution in [1.29, 1.82) is 0 Å². The number of rotatable bonds is 4. The molecule has 23 heavy (non-hydrogen) atoms. The maximum atomic E-state index is 12.0. The van der Waals surface area contributed by atoms with Gasteiger partial charge in [-0.25, -0.2) is 9.78 Å². The molecule has 0 atom stereocenters. The van der Waals surface area contributed by atoms with Gasteiger partial charge in [-0.3, -0.25) is 0 Å². The highest BCUT2D eigenvalue weighted by molar-refractivity contribution is 7.11. The number of aromatic nitrogens is 1. The van der Waals surface area contributed by atoms with Crippen LogP contribution in [-0.4, -0.2) is 17.4 Å². The summed E-state index contributed by atoms with van der Waals surface area (Å²) < 4.78 is 39.9. The molecular weight excluding hydrogens is 331 g/mol. The standard InChI is InChI=1S/C14H14F3N3O2S/c1-8-12(23-9(2)19-8)7-18-13(21)20-10-3-5-11(6-4-10)22-14(15,16)17/h3-6H,7H2,1-2H3,(H2,18,20,21). The molecular formula is C14H14F3N3O2S. The van der Waals surface area contributed by atoms with Crippen LogP contribution in [0.1, 0.15) is 15.6 Å². The molecule has 0 aliphatic rings. The number of carbonyl (C=O) groups excluding carboxylic acids is 1. The van der Waals surface area contributed by atoms with E-state index in [4.69, 9.17) is 0 Å². The number of thiazole rings is 1. The topological polar surface area (TPSA) is 63.2 Å². The maximum absolute atomic E-state index is 12.0. The van der Waals surface area contributed by atoms with E-state index in [0.29, 0.717) is 12.2 Å². The minimum absolute atomic E-state index is 0.332. The predicted octanol–water partition coefficient (Wildman–Crippen LogP) is 3.98. The quantitative estimate of drug-likeness (QED) is 0.881. The molecule has 1 heterocycles. The summed E-state index contributed by atoms with van der Waals surface area (Å²) in [4.78, 5) is 17.0. The van der Waals surface area contributed by atoms with Crippen LogP contribution in [0.2, 0.25) is 0 Å². The van der Waals surface area contributed by atoms with Crippen LogP contribution in [-0.2, 0) is 6.54 Å². The molecule has 2 N–H and O–H groups in total. The van der Waals surface area contributed by atoms with Crippen molar-refractivity contribution in [3.63, 3.8) is 0 Å². The summed E-state index contributed by atoms with van der Waals surface area (Å²) in [6.07, 6.45) is -4.74. The molecule has 5 nitrogen and oxygen atoms in total. The minimum Gasteiger partial charge on any atom is -0.406 e. The van der Waals surface area contributed by atoms with Gasteiger partial charge in [-0.05, 0) is 38.1 Å². The number of urea groups is 1. The number of amides is 2. The molecule has 124 valence electrons. The molecule has 0 aliphatic carbocycles. The van der Waals surface area contributed by atoms with Gasteiger partial charge in [-0.15, -0.1) is 24.5 Å². The number of aryl methyl sites for hydroxylation is 2. The normalized spacial score (nSPS) is 11.2. The van der Waals surface area contributed by atoms with E-state index in [1.165, 1.54) is 23.5 Å². The van der Waals surface area contributed by atoms with Crippen molar-refractivity contribution in [3.05, 3.63) is 39.8 Å². The van der Waals surface area contributed by atoms with E-state index in [9.17, 15) is 18.0 Å². The zero-order chi connectivity index (χ0) is 17.0. The summed E-state index contributed by atoms with van der Waals surface area (Å²) in [6.45, 7) is 4.07. The lowest BCUT2D eigenvalue weighted by Gasteiger charge is -2.10. The third-order valence-corrected chi connectivity index (χ3v) is 3.83. The van der Waals surface area contributed by atoms with Crippen LogP contribution in [0.3, 0.4) is 0 Å². The molecule has 0 bridgehead atoms. The van der Waals surface area contributed by atoms with Crippen molar-refractivity contribution >= 4 is 23.1 Å². The van der Waals surface area contributed by atoms with Crippen molar-refractivity contribution in [2.24, 2.45) is 0 Å². The Morgan fingerprint density at radius 1 is 1.26 bits per heavy atom. The summed E-state index contributed by atoms with van der Waals surface area (Å²) in [6, 6.07) is 4.44. The highest BCUT2D eigenvalue weighted by Gasteiger charge is 2.30. The van der Waals surface area contributed by atoms with Crippen molar-refractivity contribution in [2.45, 2.75) is 26.8 Å². The Morgan fingerprint density at radius 2 is 1.91 bits per heavy atom. The molecule has 1 aromatic carbocycles. The zero-order valence-electron chi connectivity index (χ0n) is 12.3. The molecule has 2 rings (SSSR count). The number of benzene rings is 1. The van der Waals surface area contributed by atoms with Crippen molar-refractivity contribution in [2.75, 3.05) is 5.32 Å². The highest BCUT2D eigenvalue weighted by Crippen LogP contribution is 2.24. The number of anilines is 1. The summed E-state index contributed by atoms with van der Waals surface area (Å²) in [7, 11) is 0. The van der Waals surface area contributed by atoms with E-state index < -0.39 is 12.4 Å². The minimum atomic E-state index is -4.74. The highest BCUT2D eigenvalue weighted by atomic mass is 32.1. The second kappa shape index (κ2) is 6.86. The van der Waals surface area contributed by atoms with Crippen LogP contribution >= 0.6 is 11.3 Å². The van der Waals surface area contributed by atoms with Gasteiger partial charge >= 0.3 is 12.4 Å². The Hall–Kier alpha value is -2.29. The third-order valence-electron chi connectivity index (χ3n) is 2.75. The lowest BCUT2D eigenvalue weighted by Crippen LogP contribution is -2.28.